The van der Waals surface area contributed by atoms with Crippen LogP contribution < -0.4 is 4.74 Å². The number of halogens is 3. The molecule has 0 N–H and O–H groups in total. The van der Waals surface area contributed by atoms with Gasteiger partial charge in [-0.05, 0) is 30.3 Å². The van der Waals surface area contributed by atoms with Gasteiger partial charge in [-0.2, -0.15) is 0 Å². The van der Waals surface area contributed by atoms with Crippen molar-refractivity contribution in [1.29, 1.82) is 0 Å². The van der Waals surface area contributed by atoms with Gasteiger partial charge in [-0.25, -0.2) is 4.39 Å². The second-order valence-electron chi connectivity index (χ2n) is 3.48. The Balaban J connectivity index is 2.33. The number of hydrogen-bond acceptors (Lipinski definition) is 2. The monoisotopic (exact) mass is 284 g/mol. The van der Waals surface area contributed by atoms with Crippen LogP contribution in [0, 0.1) is 5.82 Å². The van der Waals surface area contributed by atoms with Crippen molar-refractivity contribution < 1.29 is 13.9 Å². The largest absolute Gasteiger partial charge is 0.457 e. The fraction of sp³-hybridized carbons (Fsp3) is 0. The predicted octanol–water partition coefficient (Wildman–Crippen LogP) is 4.74. The van der Waals surface area contributed by atoms with Crippen LogP contribution in [0.25, 0.3) is 0 Å². The molecule has 0 saturated heterocycles. The molecular weight excluding hydrogens is 278 g/mol. The number of hydrogen-bond donors (Lipinski definition) is 0. The second kappa shape index (κ2) is 5.38. The van der Waals surface area contributed by atoms with E-state index in [-0.39, 0.29) is 11.3 Å². The van der Waals surface area contributed by atoms with Crippen molar-refractivity contribution >= 4 is 29.5 Å². The van der Waals surface area contributed by atoms with E-state index in [1.165, 1.54) is 18.2 Å². The molecule has 18 heavy (non-hydrogen) atoms. The minimum absolute atomic E-state index is 0.126. The number of aldehydes is 1. The van der Waals surface area contributed by atoms with Gasteiger partial charge in [-0.1, -0.05) is 23.2 Å². The number of rotatable bonds is 3. The summed E-state index contributed by atoms with van der Waals surface area (Å²) in [6, 6.07) is 8.37. The topological polar surface area (TPSA) is 26.3 Å². The predicted molar refractivity (Wildman–Crippen MR) is 68.3 cm³/mol. The summed E-state index contributed by atoms with van der Waals surface area (Å²) in [4.78, 5) is 10.8. The van der Waals surface area contributed by atoms with E-state index in [0.717, 1.165) is 6.07 Å². The number of carbonyl (C=O) groups excluding carboxylic acids is 1. The zero-order chi connectivity index (χ0) is 13.1. The van der Waals surface area contributed by atoms with E-state index in [9.17, 15) is 9.18 Å². The molecule has 0 aromatic heterocycles. The number of benzene rings is 2. The van der Waals surface area contributed by atoms with Crippen LogP contribution in [0.4, 0.5) is 4.39 Å². The fourth-order valence-electron chi connectivity index (χ4n) is 1.37. The summed E-state index contributed by atoms with van der Waals surface area (Å²) in [6.07, 6.45) is 0.524. The Morgan fingerprint density at radius 3 is 2.50 bits per heavy atom. The van der Waals surface area contributed by atoms with Gasteiger partial charge < -0.3 is 4.74 Å². The highest BCUT2D eigenvalue weighted by atomic mass is 35.5. The smallest absolute Gasteiger partial charge is 0.153 e. The summed E-state index contributed by atoms with van der Waals surface area (Å²) in [5, 5.41) is 0.739. The maximum absolute atomic E-state index is 12.9. The first-order valence-corrected chi connectivity index (χ1v) is 5.73. The van der Waals surface area contributed by atoms with Crippen LogP contribution in [0.3, 0.4) is 0 Å². The molecule has 92 valence electrons. The van der Waals surface area contributed by atoms with Crippen LogP contribution in [-0.4, -0.2) is 6.29 Å². The molecule has 0 bridgehead atoms. The average Bonchev–Trinajstić information content (AvgIpc) is 2.36. The van der Waals surface area contributed by atoms with Gasteiger partial charge in [0.25, 0.3) is 0 Å². The Morgan fingerprint density at radius 2 is 1.83 bits per heavy atom. The third kappa shape index (κ3) is 2.81. The van der Waals surface area contributed by atoms with Gasteiger partial charge in [0, 0.05) is 6.07 Å². The van der Waals surface area contributed by atoms with Crippen molar-refractivity contribution in [2.75, 3.05) is 0 Å². The molecule has 2 rings (SSSR count). The van der Waals surface area contributed by atoms with E-state index in [1.807, 2.05) is 0 Å². The quantitative estimate of drug-likeness (QED) is 0.761. The summed E-state index contributed by atoms with van der Waals surface area (Å²) in [7, 11) is 0. The number of carbonyl (C=O) groups is 1. The van der Waals surface area contributed by atoms with Gasteiger partial charge in [0.15, 0.2) is 6.29 Å². The SMILES string of the molecule is O=Cc1cc(F)ccc1Oc1ccc(Cl)c(Cl)c1. The normalized spacial score (nSPS) is 10.2. The van der Waals surface area contributed by atoms with Crippen LogP contribution in [0.2, 0.25) is 10.0 Å². The van der Waals surface area contributed by atoms with Gasteiger partial charge >= 0.3 is 0 Å². The van der Waals surface area contributed by atoms with Crippen LogP contribution >= 0.6 is 23.2 Å². The summed E-state index contributed by atoms with van der Waals surface area (Å²) >= 11 is 11.6. The first kappa shape index (κ1) is 12.9. The Labute approximate surface area is 113 Å². The van der Waals surface area contributed by atoms with Gasteiger partial charge in [-0.3, -0.25) is 4.79 Å². The molecule has 0 unspecified atom stereocenters. The molecule has 2 nitrogen and oxygen atoms in total. The number of ether oxygens (including phenoxy) is 1. The van der Waals surface area contributed by atoms with E-state index >= 15 is 0 Å². The molecule has 0 aliphatic heterocycles. The van der Waals surface area contributed by atoms with E-state index in [0.29, 0.717) is 22.1 Å². The zero-order valence-electron chi connectivity index (χ0n) is 8.99. The third-order valence-electron chi connectivity index (χ3n) is 2.22. The lowest BCUT2D eigenvalue weighted by Gasteiger charge is -2.08. The molecule has 2 aromatic rings. The first-order valence-electron chi connectivity index (χ1n) is 4.98. The highest BCUT2D eigenvalue weighted by Gasteiger charge is 2.07. The molecule has 0 radical (unpaired) electrons. The molecule has 5 heteroatoms. The highest BCUT2D eigenvalue weighted by molar-refractivity contribution is 6.42. The van der Waals surface area contributed by atoms with Crippen LogP contribution in [0.1, 0.15) is 10.4 Å². The molecule has 0 heterocycles. The molecule has 0 saturated carbocycles. The molecule has 0 spiro atoms. The van der Waals surface area contributed by atoms with E-state index < -0.39 is 5.82 Å². The molecule has 0 amide bonds. The van der Waals surface area contributed by atoms with Gasteiger partial charge in [0.1, 0.15) is 17.3 Å². The highest BCUT2D eigenvalue weighted by Crippen LogP contribution is 2.30. The van der Waals surface area contributed by atoms with Crippen LogP contribution in [0.5, 0.6) is 11.5 Å². The molecule has 2 aromatic carbocycles. The van der Waals surface area contributed by atoms with E-state index in [1.54, 1.807) is 12.1 Å². The minimum Gasteiger partial charge on any atom is -0.457 e. The van der Waals surface area contributed by atoms with Crippen molar-refractivity contribution in [1.82, 2.24) is 0 Å². The maximum atomic E-state index is 12.9. The van der Waals surface area contributed by atoms with Crippen molar-refractivity contribution in [3.05, 3.63) is 57.8 Å². The van der Waals surface area contributed by atoms with Gasteiger partial charge in [0.2, 0.25) is 0 Å². The standard InChI is InChI=1S/C13H7Cl2FO2/c14-11-3-2-10(6-12(11)15)18-13-4-1-9(16)5-8(13)7-17/h1-7H. The average molecular weight is 285 g/mol. The summed E-state index contributed by atoms with van der Waals surface area (Å²) < 4.78 is 18.4. The lowest BCUT2D eigenvalue weighted by atomic mass is 10.2. The summed E-state index contributed by atoms with van der Waals surface area (Å²) in [5.74, 6) is 0.169. The molecule has 0 atom stereocenters. The van der Waals surface area contributed by atoms with Crippen molar-refractivity contribution in [2.45, 2.75) is 0 Å². The summed E-state index contributed by atoms with van der Waals surface area (Å²) in [6.45, 7) is 0. The van der Waals surface area contributed by atoms with Crippen LogP contribution in [-0.2, 0) is 0 Å². The Morgan fingerprint density at radius 1 is 1.06 bits per heavy atom. The second-order valence-corrected chi connectivity index (χ2v) is 4.29. The maximum Gasteiger partial charge on any atom is 0.153 e. The fourth-order valence-corrected chi connectivity index (χ4v) is 1.66. The van der Waals surface area contributed by atoms with Crippen molar-refractivity contribution in [3.8, 4) is 11.5 Å². The molecular formula is C13H7Cl2FO2. The lowest BCUT2D eigenvalue weighted by Crippen LogP contribution is -1.91. The summed E-state index contributed by atoms with van der Waals surface area (Å²) in [5.41, 5.74) is 0.126. The van der Waals surface area contributed by atoms with E-state index in [4.69, 9.17) is 27.9 Å². The molecule has 0 fully saturated rings. The molecule has 0 aliphatic carbocycles. The van der Waals surface area contributed by atoms with Crippen LogP contribution in [0.15, 0.2) is 36.4 Å². The minimum atomic E-state index is -0.501. The van der Waals surface area contributed by atoms with Gasteiger partial charge in [0.05, 0.1) is 15.6 Å². The van der Waals surface area contributed by atoms with Crippen molar-refractivity contribution in [3.63, 3.8) is 0 Å². The lowest BCUT2D eigenvalue weighted by molar-refractivity contribution is 0.112. The Kier molecular flexibility index (Phi) is 3.84. The van der Waals surface area contributed by atoms with E-state index in [2.05, 4.69) is 0 Å². The third-order valence-corrected chi connectivity index (χ3v) is 2.96. The Bertz CT molecular complexity index is 600. The van der Waals surface area contributed by atoms with Crippen molar-refractivity contribution in [2.24, 2.45) is 0 Å². The zero-order valence-corrected chi connectivity index (χ0v) is 10.5. The Hall–Kier alpha value is -1.58. The van der Waals surface area contributed by atoms with Gasteiger partial charge in [-0.15, -0.1) is 0 Å². The first-order chi connectivity index (χ1) is 8.60. The molecule has 0 aliphatic rings.